The minimum atomic E-state index is -2.40. The molecule has 8 nitrogen and oxygen atoms in total. The van der Waals surface area contributed by atoms with Crippen LogP contribution in [-0.2, 0) is 51.3 Å². The first kappa shape index (κ1) is 36.8. The third-order valence-electron chi connectivity index (χ3n) is 4.60. The lowest BCUT2D eigenvalue weighted by molar-refractivity contribution is -0.119. The van der Waals surface area contributed by atoms with Crippen molar-refractivity contribution in [2.24, 2.45) is 0 Å². The van der Waals surface area contributed by atoms with Gasteiger partial charge < -0.3 is 28.7 Å². The first-order chi connectivity index (χ1) is 17.2. The van der Waals surface area contributed by atoms with Gasteiger partial charge in [0.05, 0.1) is 37.9 Å². The van der Waals surface area contributed by atoms with E-state index >= 15 is 0 Å². The highest BCUT2D eigenvalue weighted by Crippen LogP contribution is 2.61. The standard InChI is InChI=1S/C22H46N2O6P2S4/c1-5-27-31(33,28-6-2)35-19-21(25)23-17-15-13-11-9-10-12-14-16-18-24-22(26)20-36-32(34,29-7-3)30-8-4/h5-20H2,1-4H3,(H,23,25)(H,24,26). The lowest BCUT2D eigenvalue weighted by atomic mass is 10.1. The molecule has 0 bridgehead atoms. The number of hydrogen-bond donors (Lipinski definition) is 2. The molecule has 0 aromatic rings. The summed E-state index contributed by atoms with van der Waals surface area (Å²) >= 11 is 13.4. The van der Waals surface area contributed by atoms with Crippen LogP contribution in [0.15, 0.2) is 0 Å². The molecule has 0 aliphatic carbocycles. The Morgan fingerprint density at radius 2 is 0.861 bits per heavy atom. The van der Waals surface area contributed by atoms with Crippen molar-refractivity contribution < 1.29 is 27.7 Å². The molecule has 0 unspecified atom stereocenters. The van der Waals surface area contributed by atoms with Crippen molar-refractivity contribution in [3.8, 4) is 0 Å². The van der Waals surface area contributed by atoms with Crippen LogP contribution in [0, 0.1) is 0 Å². The molecule has 0 atom stereocenters. The first-order valence-electron chi connectivity index (χ1n) is 12.8. The van der Waals surface area contributed by atoms with Gasteiger partial charge in [0.15, 0.2) is 0 Å². The van der Waals surface area contributed by atoms with Crippen molar-refractivity contribution in [1.82, 2.24) is 10.6 Å². The van der Waals surface area contributed by atoms with Gasteiger partial charge in [0.1, 0.15) is 0 Å². The lowest BCUT2D eigenvalue weighted by Gasteiger charge is -2.19. The largest absolute Gasteiger partial charge is 0.355 e. The molecule has 0 aliphatic heterocycles. The number of carbonyl (C=O) groups excluding carboxylic acids is 2. The Bertz CT molecular complexity index is 615. The number of unbranched alkanes of at least 4 members (excludes halogenated alkanes) is 7. The fraction of sp³-hybridized carbons (Fsp3) is 0.909. The van der Waals surface area contributed by atoms with E-state index in [0.29, 0.717) is 39.5 Å². The second-order valence-electron chi connectivity index (χ2n) is 7.64. The highest BCUT2D eigenvalue weighted by atomic mass is 32.9. The molecule has 0 radical (unpaired) electrons. The molecule has 0 rings (SSSR count). The van der Waals surface area contributed by atoms with Crippen molar-refractivity contribution in [1.29, 1.82) is 0 Å². The normalized spacial score (nSPS) is 12.0. The summed E-state index contributed by atoms with van der Waals surface area (Å²) in [5.41, 5.74) is -4.81. The van der Waals surface area contributed by atoms with E-state index in [1.807, 2.05) is 27.7 Å². The molecule has 0 spiro atoms. The van der Waals surface area contributed by atoms with E-state index in [-0.39, 0.29) is 23.3 Å². The maximum atomic E-state index is 12.0. The van der Waals surface area contributed by atoms with E-state index in [0.717, 1.165) is 25.7 Å². The summed E-state index contributed by atoms with van der Waals surface area (Å²) in [4.78, 5) is 24.0. The minimum Gasteiger partial charge on any atom is -0.355 e. The molecule has 0 fully saturated rings. The van der Waals surface area contributed by atoms with Crippen molar-refractivity contribution in [2.45, 2.75) is 79.1 Å². The Hall–Kier alpha value is 0.780. The summed E-state index contributed by atoms with van der Waals surface area (Å²) in [6, 6.07) is 0. The topological polar surface area (TPSA) is 95.1 Å². The van der Waals surface area contributed by atoms with Crippen LogP contribution in [0.2, 0.25) is 0 Å². The Morgan fingerprint density at radius 1 is 0.583 bits per heavy atom. The van der Waals surface area contributed by atoms with E-state index in [9.17, 15) is 9.59 Å². The zero-order valence-corrected chi connectivity index (χ0v) is 27.3. The smallest absolute Gasteiger partial charge is 0.247 e. The Morgan fingerprint density at radius 3 is 1.14 bits per heavy atom. The number of nitrogens with one attached hydrogen (secondary N) is 2. The van der Waals surface area contributed by atoms with Crippen molar-refractivity contribution in [2.75, 3.05) is 51.0 Å². The zero-order chi connectivity index (χ0) is 27.1. The average molecular weight is 625 g/mol. The van der Waals surface area contributed by atoms with E-state index < -0.39 is 11.4 Å². The molecule has 0 aromatic carbocycles. The van der Waals surface area contributed by atoms with Crippen molar-refractivity contribution in [3.05, 3.63) is 0 Å². The van der Waals surface area contributed by atoms with Crippen LogP contribution in [0.5, 0.6) is 0 Å². The zero-order valence-electron chi connectivity index (χ0n) is 22.3. The summed E-state index contributed by atoms with van der Waals surface area (Å²) in [7, 11) is 0. The third-order valence-corrected chi connectivity index (χ3v) is 15.4. The maximum absolute atomic E-state index is 12.0. The van der Waals surface area contributed by atoms with Gasteiger partial charge in [-0.15, -0.1) is 0 Å². The van der Waals surface area contributed by atoms with Gasteiger partial charge in [0.25, 0.3) is 0 Å². The third kappa shape index (κ3) is 20.7. The summed E-state index contributed by atoms with van der Waals surface area (Å²) < 4.78 is 22.1. The van der Waals surface area contributed by atoms with Crippen LogP contribution in [-0.4, -0.2) is 62.8 Å². The molecule has 0 saturated carbocycles. The van der Waals surface area contributed by atoms with Gasteiger partial charge in [-0.05, 0) is 64.2 Å². The molecule has 2 N–H and O–H groups in total. The fourth-order valence-corrected chi connectivity index (χ4v) is 11.5. The number of hydrogen-bond acceptors (Lipinski definition) is 10. The highest BCUT2D eigenvalue weighted by molar-refractivity contribution is 8.68. The molecule has 0 heterocycles. The highest BCUT2D eigenvalue weighted by Gasteiger charge is 2.21. The summed E-state index contributed by atoms with van der Waals surface area (Å²) in [6.07, 6.45) is 8.88. The molecule has 2 amide bonds. The lowest BCUT2D eigenvalue weighted by Crippen LogP contribution is -2.26. The molecule has 214 valence electrons. The van der Waals surface area contributed by atoms with E-state index in [1.165, 1.54) is 48.4 Å². The van der Waals surface area contributed by atoms with Gasteiger partial charge in [0.2, 0.25) is 23.2 Å². The van der Waals surface area contributed by atoms with Gasteiger partial charge in [-0.25, -0.2) is 0 Å². The van der Waals surface area contributed by atoms with Gasteiger partial charge in [-0.2, -0.15) is 0 Å². The maximum Gasteiger partial charge on any atom is 0.247 e. The second-order valence-corrected chi connectivity index (χ2v) is 20.3. The van der Waals surface area contributed by atoms with Gasteiger partial charge in [-0.1, -0.05) is 61.3 Å². The van der Waals surface area contributed by atoms with Crippen LogP contribution in [0.25, 0.3) is 0 Å². The van der Waals surface area contributed by atoms with Crippen molar-refractivity contribution >= 4 is 69.6 Å². The molecule has 0 saturated heterocycles. The van der Waals surface area contributed by atoms with Gasteiger partial charge >= 0.3 is 0 Å². The molecule has 14 heteroatoms. The van der Waals surface area contributed by atoms with E-state index in [4.69, 9.17) is 41.7 Å². The first-order valence-corrected chi connectivity index (χ1v) is 21.3. The fourth-order valence-electron chi connectivity index (χ4n) is 3.00. The average Bonchev–Trinajstić information content (AvgIpc) is 2.83. The minimum absolute atomic E-state index is 0.0203. The Kier molecular flexibility index (Phi) is 24.2. The molecular formula is C22H46N2O6P2S4. The van der Waals surface area contributed by atoms with Crippen molar-refractivity contribution in [3.63, 3.8) is 0 Å². The second kappa shape index (κ2) is 23.6. The number of carbonyl (C=O) groups is 2. The summed E-state index contributed by atoms with van der Waals surface area (Å²) in [5, 5.41) is 5.90. The quantitative estimate of drug-likeness (QED) is 0.0878. The van der Waals surface area contributed by atoms with Crippen LogP contribution in [0.4, 0.5) is 0 Å². The predicted octanol–water partition coefficient (Wildman–Crippen LogP) is 6.40. The SMILES string of the molecule is CCOP(=S)(OCC)SCC(=O)NCCCCCCCCCCNC(=O)CSP(=S)(OCC)OCC. The van der Waals surface area contributed by atoms with Crippen LogP contribution >= 0.6 is 34.2 Å². The molecule has 36 heavy (non-hydrogen) atoms. The predicted molar refractivity (Wildman–Crippen MR) is 163 cm³/mol. The molecule has 0 aliphatic rings. The Labute approximate surface area is 237 Å². The van der Waals surface area contributed by atoms with Gasteiger partial charge in [-0.3, -0.25) is 9.59 Å². The summed E-state index contributed by atoms with van der Waals surface area (Å²) in [6.45, 7) is 10.8. The molecular weight excluding hydrogens is 578 g/mol. The number of amides is 2. The van der Waals surface area contributed by atoms with Crippen LogP contribution < -0.4 is 10.6 Å². The number of rotatable bonds is 25. The van der Waals surface area contributed by atoms with Crippen LogP contribution in [0.3, 0.4) is 0 Å². The Balaban J connectivity index is 3.63. The van der Waals surface area contributed by atoms with E-state index in [2.05, 4.69) is 10.6 Å². The summed E-state index contributed by atoms with van der Waals surface area (Å²) in [5.74, 6) is 0.501. The monoisotopic (exact) mass is 624 g/mol. The van der Waals surface area contributed by atoms with Crippen LogP contribution in [0.1, 0.15) is 79.1 Å². The van der Waals surface area contributed by atoms with E-state index in [1.54, 1.807) is 0 Å². The van der Waals surface area contributed by atoms with Gasteiger partial charge in [0, 0.05) is 13.1 Å². The molecule has 0 aromatic heterocycles.